The summed E-state index contributed by atoms with van der Waals surface area (Å²) >= 11 is 0. The summed E-state index contributed by atoms with van der Waals surface area (Å²) in [5.41, 5.74) is 1.05. The molecular weight excluding hydrogens is 224 g/mol. The Hall–Kier alpha value is -1.09. The first-order valence-corrected chi connectivity index (χ1v) is 7.09. The van der Waals surface area contributed by atoms with Crippen molar-refractivity contribution in [1.29, 1.82) is 0 Å². The quantitative estimate of drug-likeness (QED) is 0.868. The van der Waals surface area contributed by atoms with Gasteiger partial charge < -0.3 is 10.1 Å². The van der Waals surface area contributed by atoms with Crippen LogP contribution >= 0.6 is 0 Å². The summed E-state index contributed by atoms with van der Waals surface area (Å²) in [4.78, 5) is 4.36. The average molecular weight is 248 g/mol. The van der Waals surface area contributed by atoms with Gasteiger partial charge in [-0.05, 0) is 31.7 Å². The van der Waals surface area contributed by atoms with Crippen LogP contribution in [0.3, 0.4) is 0 Å². The van der Waals surface area contributed by atoms with E-state index < -0.39 is 0 Å². The molecule has 1 aliphatic carbocycles. The molecule has 100 valence electrons. The summed E-state index contributed by atoms with van der Waals surface area (Å²) in [5, 5.41) is 3.37. The minimum atomic E-state index is 0.409. The molecule has 0 unspecified atom stereocenters. The summed E-state index contributed by atoms with van der Waals surface area (Å²) < 4.78 is 6.03. The van der Waals surface area contributed by atoms with Crippen LogP contribution in [0.1, 0.15) is 51.6 Å². The fourth-order valence-corrected chi connectivity index (χ4v) is 2.31. The van der Waals surface area contributed by atoms with Crippen molar-refractivity contribution in [2.45, 2.75) is 64.6 Å². The lowest BCUT2D eigenvalue weighted by Crippen LogP contribution is -2.23. The van der Waals surface area contributed by atoms with Gasteiger partial charge in [0.25, 0.3) is 0 Å². The molecule has 0 aliphatic heterocycles. The average Bonchev–Trinajstić information content (AvgIpc) is 2.38. The zero-order valence-corrected chi connectivity index (χ0v) is 11.5. The van der Waals surface area contributed by atoms with E-state index in [2.05, 4.69) is 30.2 Å². The molecule has 3 heteroatoms. The Morgan fingerprint density at radius 3 is 2.83 bits per heavy atom. The topological polar surface area (TPSA) is 34.1 Å². The van der Waals surface area contributed by atoms with Gasteiger partial charge in [0.1, 0.15) is 5.75 Å². The second kappa shape index (κ2) is 6.74. The Kier molecular flexibility index (Phi) is 5.00. The smallest absolute Gasteiger partial charge is 0.123 e. The molecule has 1 aromatic rings. The van der Waals surface area contributed by atoms with Crippen molar-refractivity contribution in [2.75, 3.05) is 0 Å². The summed E-state index contributed by atoms with van der Waals surface area (Å²) in [6.07, 6.45) is 8.61. The highest BCUT2D eigenvalue weighted by Gasteiger charge is 2.14. The van der Waals surface area contributed by atoms with Gasteiger partial charge in [0.2, 0.25) is 0 Å². The molecule has 0 radical (unpaired) electrons. The van der Waals surface area contributed by atoms with Gasteiger partial charge in [-0.1, -0.05) is 20.3 Å². The van der Waals surface area contributed by atoms with Crippen LogP contribution in [0.4, 0.5) is 0 Å². The Labute approximate surface area is 110 Å². The first-order valence-electron chi connectivity index (χ1n) is 7.09. The van der Waals surface area contributed by atoms with Gasteiger partial charge in [0.15, 0.2) is 0 Å². The van der Waals surface area contributed by atoms with E-state index in [1.54, 1.807) is 0 Å². The molecule has 0 amide bonds. The van der Waals surface area contributed by atoms with Crippen molar-refractivity contribution < 1.29 is 4.74 Å². The molecular formula is C15H24N2O. The van der Waals surface area contributed by atoms with Crippen molar-refractivity contribution in [3.8, 4) is 5.75 Å². The van der Waals surface area contributed by atoms with Crippen LogP contribution < -0.4 is 10.1 Å². The number of hydrogen-bond donors (Lipinski definition) is 1. The lowest BCUT2D eigenvalue weighted by molar-refractivity contribution is 0.154. The molecule has 0 bridgehead atoms. The maximum atomic E-state index is 6.03. The van der Waals surface area contributed by atoms with Crippen LogP contribution in [0.2, 0.25) is 0 Å². The molecule has 0 spiro atoms. The molecule has 1 aliphatic rings. The van der Waals surface area contributed by atoms with Crippen LogP contribution in [0.25, 0.3) is 0 Å². The molecule has 2 rings (SSSR count). The summed E-state index contributed by atoms with van der Waals surface area (Å²) in [7, 11) is 0. The van der Waals surface area contributed by atoms with Crippen molar-refractivity contribution in [3.63, 3.8) is 0 Å². The summed E-state index contributed by atoms with van der Waals surface area (Å²) in [6.45, 7) is 5.09. The molecule has 1 heterocycles. The van der Waals surface area contributed by atoms with E-state index in [1.807, 2.05) is 12.3 Å². The normalized spacial score (nSPS) is 17.1. The third-order valence-electron chi connectivity index (χ3n) is 3.33. The lowest BCUT2D eigenvalue weighted by Gasteiger charge is -2.23. The second-order valence-electron chi connectivity index (χ2n) is 5.40. The molecule has 0 atom stereocenters. The van der Waals surface area contributed by atoms with Crippen molar-refractivity contribution in [1.82, 2.24) is 10.3 Å². The van der Waals surface area contributed by atoms with Crippen LogP contribution in [-0.4, -0.2) is 17.1 Å². The van der Waals surface area contributed by atoms with Crippen LogP contribution in [0.15, 0.2) is 18.3 Å². The Morgan fingerprint density at radius 2 is 2.11 bits per heavy atom. The SMILES string of the molecule is CC(C)NCc1cc(OC2CCCCC2)ccn1. The maximum absolute atomic E-state index is 6.03. The largest absolute Gasteiger partial charge is 0.490 e. The number of pyridine rings is 1. The first kappa shape index (κ1) is 13.3. The molecule has 1 N–H and O–H groups in total. The fourth-order valence-electron chi connectivity index (χ4n) is 2.31. The summed E-state index contributed by atoms with van der Waals surface area (Å²) in [5.74, 6) is 0.970. The van der Waals surface area contributed by atoms with Crippen LogP contribution in [0.5, 0.6) is 5.75 Å². The predicted molar refractivity (Wildman–Crippen MR) is 73.7 cm³/mol. The molecule has 1 fully saturated rings. The number of ether oxygens (including phenoxy) is 1. The second-order valence-corrected chi connectivity index (χ2v) is 5.40. The van der Waals surface area contributed by atoms with Crippen molar-refractivity contribution >= 4 is 0 Å². The van der Waals surface area contributed by atoms with Gasteiger partial charge in [-0.2, -0.15) is 0 Å². The van der Waals surface area contributed by atoms with Crippen LogP contribution in [-0.2, 0) is 6.54 Å². The van der Waals surface area contributed by atoms with E-state index in [1.165, 1.54) is 32.1 Å². The third-order valence-corrected chi connectivity index (χ3v) is 3.33. The van der Waals surface area contributed by atoms with Crippen molar-refractivity contribution in [3.05, 3.63) is 24.0 Å². The van der Waals surface area contributed by atoms with Gasteiger partial charge >= 0.3 is 0 Å². The minimum Gasteiger partial charge on any atom is -0.490 e. The van der Waals surface area contributed by atoms with Gasteiger partial charge in [0.05, 0.1) is 11.8 Å². The molecule has 1 saturated carbocycles. The Balaban J connectivity index is 1.89. The van der Waals surface area contributed by atoms with E-state index in [9.17, 15) is 0 Å². The minimum absolute atomic E-state index is 0.409. The monoisotopic (exact) mass is 248 g/mol. The first-order chi connectivity index (χ1) is 8.74. The van der Waals surface area contributed by atoms with E-state index in [0.29, 0.717) is 12.1 Å². The highest BCUT2D eigenvalue weighted by atomic mass is 16.5. The van der Waals surface area contributed by atoms with Gasteiger partial charge in [-0.3, -0.25) is 4.98 Å². The number of hydrogen-bond acceptors (Lipinski definition) is 3. The van der Waals surface area contributed by atoms with E-state index in [4.69, 9.17) is 4.74 Å². The zero-order chi connectivity index (χ0) is 12.8. The Bertz CT molecular complexity index is 359. The number of rotatable bonds is 5. The molecule has 0 saturated heterocycles. The van der Waals surface area contributed by atoms with Gasteiger partial charge in [-0.15, -0.1) is 0 Å². The van der Waals surface area contributed by atoms with E-state index >= 15 is 0 Å². The Morgan fingerprint density at radius 1 is 1.33 bits per heavy atom. The summed E-state index contributed by atoms with van der Waals surface area (Å²) in [6, 6.07) is 4.51. The van der Waals surface area contributed by atoms with E-state index in [-0.39, 0.29) is 0 Å². The van der Waals surface area contributed by atoms with E-state index in [0.717, 1.165) is 18.0 Å². The molecule has 0 aromatic carbocycles. The lowest BCUT2D eigenvalue weighted by atomic mass is 9.98. The van der Waals surface area contributed by atoms with Crippen molar-refractivity contribution in [2.24, 2.45) is 0 Å². The number of nitrogens with one attached hydrogen (secondary N) is 1. The fraction of sp³-hybridized carbons (Fsp3) is 0.667. The maximum Gasteiger partial charge on any atom is 0.123 e. The third kappa shape index (κ3) is 4.30. The van der Waals surface area contributed by atoms with Gasteiger partial charge in [0, 0.05) is 24.8 Å². The number of nitrogens with zero attached hydrogens (tertiary/aromatic N) is 1. The van der Waals surface area contributed by atoms with Crippen LogP contribution in [0, 0.1) is 0 Å². The standard InChI is InChI=1S/C15H24N2O/c1-12(2)17-11-13-10-15(8-9-16-13)18-14-6-4-3-5-7-14/h8-10,12,14,17H,3-7,11H2,1-2H3. The highest BCUT2D eigenvalue weighted by Crippen LogP contribution is 2.23. The van der Waals surface area contributed by atoms with Gasteiger partial charge in [-0.25, -0.2) is 0 Å². The molecule has 1 aromatic heterocycles. The predicted octanol–water partition coefficient (Wildman–Crippen LogP) is 3.29. The number of aromatic nitrogens is 1. The zero-order valence-electron chi connectivity index (χ0n) is 11.5. The highest BCUT2D eigenvalue weighted by molar-refractivity contribution is 5.23. The molecule has 18 heavy (non-hydrogen) atoms. The molecule has 3 nitrogen and oxygen atoms in total.